The van der Waals surface area contributed by atoms with Crippen LogP contribution in [-0.2, 0) is 11.3 Å². The summed E-state index contributed by atoms with van der Waals surface area (Å²) in [5, 5.41) is 8.21. The highest BCUT2D eigenvalue weighted by Gasteiger charge is 2.24. The highest BCUT2D eigenvalue weighted by molar-refractivity contribution is 5.80. The second-order valence-electron chi connectivity index (χ2n) is 5.59. The number of fused-ring (bicyclic) bond motifs is 1. The summed E-state index contributed by atoms with van der Waals surface area (Å²) in [6.07, 6.45) is 3.41. The Hall–Kier alpha value is -2.88. The van der Waals surface area contributed by atoms with E-state index in [0.29, 0.717) is 48.5 Å². The van der Waals surface area contributed by atoms with Crippen molar-refractivity contribution in [1.82, 2.24) is 34.9 Å². The molecule has 24 heavy (non-hydrogen) atoms. The van der Waals surface area contributed by atoms with Gasteiger partial charge in [0.2, 0.25) is 5.95 Å². The Morgan fingerprint density at radius 1 is 1.29 bits per heavy atom. The summed E-state index contributed by atoms with van der Waals surface area (Å²) in [5.74, 6) is 1.64. The van der Waals surface area contributed by atoms with Gasteiger partial charge in [-0.3, -0.25) is 0 Å². The van der Waals surface area contributed by atoms with Gasteiger partial charge in [-0.1, -0.05) is 5.21 Å². The molecule has 1 atom stereocenters. The van der Waals surface area contributed by atoms with E-state index in [1.807, 2.05) is 0 Å². The standard InChI is InChI=1S/C14H17N9O/c1-9-18-12(15)11-13(19-9)23(21-20-11)8-10-7-22(5-6-24-10)14-16-3-2-4-17-14/h2-4,10H,5-8H2,1H3,(H2,15,18,19). The maximum atomic E-state index is 5.88. The van der Waals surface area contributed by atoms with Crippen molar-refractivity contribution in [2.45, 2.75) is 19.6 Å². The van der Waals surface area contributed by atoms with Gasteiger partial charge in [-0.2, -0.15) is 0 Å². The minimum Gasteiger partial charge on any atom is -0.382 e. The first-order valence-electron chi connectivity index (χ1n) is 7.67. The molecule has 10 nitrogen and oxygen atoms in total. The van der Waals surface area contributed by atoms with Crippen LogP contribution in [0.5, 0.6) is 0 Å². The van der Waals surface area contributed by atoms with Crippen molar-refractivity contribution in [1.29, 1.82) is 0 Å². The van der Waals surface area contributed by atoms with Crippen LogP contribution in [-0.4, -0.2) is 60.7 Å². The number of anilines is 2. The van der Waals surface area contributed by atoms with Crippen molar-refractivity contribution < 1.29 is 4.74 Å². The first-order valence-corrected chi connectivity index (χ1v) is 7.67. The topological polar surface area (TPSA) is 121 Å². The molecular formula is C14H17N9O. The van der Waals surface area contributed by atoms with Crippen molar-refractivity contribution in [3.8, 4) is 0 Å². The zero-order chi connectivity index (χ0) is 16.5. The van der Waals surface area contributed by atoms with E-state index in [2.05, 4.69) is 35.1 Å². The zero-order valence-corrected chi connectivity index (χ0v) is 13.2. The number of nitrogens with zero attached hydrogens (tertiary/aromatic N) is 8. The van der Waals surface area contributed by atoms with Gasteiger partial charge in [-0.05, 0) is 13.0 Å². The van der Waals surface area contributed by atoms with Gasteiger partial charge in [0.25, 0.3) is 0 Å². The van der Waals surface area contributed by atoms with Crippen LogP contribution in [0.3, 0.4) is 0 Å². The predicted molar refractivity (Wildman–Crippen MR) is 86.3 cm³/mol. The van der Waals surface area contributed by atoms with Gasteiger partial charge in [-0.25, -0.2) is 24.6 Å². The summed E-state index contributed by atoms with van der Waals surface area (Å²) in [6.45, 7) is 4.35. The molecule has 10 heteroatoms. The summed E-state index contributed by atoms with van der Waals surface area (Å²) in [6, 6.07) is 1.80. The van der Waals surface area contributed by atoms with Crippen molar-refractivity contribution in [2.24, 2.45) is 0 Å². The minimum atomic E-state index is -0.0658. The molecule has 4 rings (SSSR count). The van der Waals surface area contributed by atoms with Crippen LogP contribution in [0.2, 0.25) is 0 Å². The van der Waals surface area contributed by atoms with Crippen LogP contribution in [0, 0.1) is 6.92 Å². The van der Waals surface area contributed by atoms with E-state index >= 15 is 0 Å². The smallest absolute Gasteiger partial charge is 0.225 e. The van der Waals surface area contributed by atoms with Crippen LogP contribution in [0.15, 0.2) is 18.5 Å². The normalized spacial score (nSPS) is 18.2. The van der Waals surface area contributed by atoms with Gasteiger partial charge in [0, 0.05) is 25.5 Å². The summed E-state index contributed by atoms with van der Waals surface area (Å²) in [5.41, 5.74) is 7.01. The molecule has 1 aliphatic heterocycles. The fourth-order valence-electron chi connectivity index (χ4n) is 2.77. The van der Waals surface area contributed by atoms with Gasteiger partial charge >= 0.3 is 0 Å². The Bertz CT molecular complexity index is 850. The van der Waals surface area contributed by atoms with E-state index in [4.69, 9.17) is 10.5 Å². The molecule has 124 valence electrons. The quantitative estimate of drug-likeness (QED) is 0.697. The Labute approximate surface area is 137 Å². The fraction of sp³-hybridized carbons (Fsp3) is 0.429. The van der Waals surface area contributed by atoms with Gasteiger partial charge < -0.3 is 15.4 Å². The zero-order valence-electron chi connectivity index (χ0n) is 13.2. The van der Waals surface area contributed by atoms with Crippen molar-refractivity contribution in [2.75, 3.05) is 30.3 Å². The number of aromatic nitrogens is 7. The molecule has 2 N–H and O–H groups in total. The van der Waals surface area contributed by atoms with E-state index in [-0.39, 0.29) is 6.10 Å². The lowest BCUT2D eigenvalue weighted by atomic mass is 10.3. The molecule has 0 amide bonds. The summed E-state index contributed by atoms with van der Waals surface area (Å²) >= 11 is 0. The molecule has 0 aromatic carbocycles. The molecule has 1 unspecified atom stereocenters. The monoisotopic (exact) mass is 327 g/mol. The van der Waals surface area contributed by atoms with E-state index in [0.717, 1.165) is 6.54 Å². The fourth-order valence-corrected chi connectivity index (χ4v) is 2.77. The second-order valence-corrected chi connectivity index (χ2v) is 5.59. The van der Waals surface area contributed by atoms with E-state index < -0.39 is 0 Å². The molecule has 1 aliphatic rings. The molecule has 0 spiro atoms. The van der Waals surface area contributed by atoms with Crippen LogP contribution in [0.4, 0.5) is 11.8 Å². The van der Waals surface area contributed by atoms with Crippen molar-refractivity contribution in [3.05, 3.63) is 24.3 Å². The Morgan fingerprint density at radius 2 is 2.12 bits per heavy atom. The third-order valence-corrected chi connectivity index (χ3v) is 3.85. The summed E-state index contributed by atoms with van der Waals surface area (Å²) in [4.78, 5) is 19.2. The summed E-state index contributed by atoms with van der Waals surface area (Å²) < 4.78 is 7.56. The molecule has 0 aliphatic carbocycles. The molecule has 0 saturated carbocycles. The van der Waals surface area contributed by atoms with Crippen LogP contribution in [0.25, 0.3) is 11.2 Å². The first kappa shape index (κ1) is 14.7. The lowest BCUT2D eigenvalue weighted by molar-refractivity contribution is 0.0272. The predicted octanol–water partition coefficient (Wildman–Crippen LogP) is -0.193. The maximum absolute atomic E-state index is 5.88. The first-order chi connectivity index (χ1) is 11.7. The Morgan fingerprint density at radius 3 is 2.96 bits per heavy atom. The van der Waals surface area contributed by atoms with Gasteiger partial charge in [0.15, 0.2) is 17.0 Å². The lowest BCUT2D eigenvalue weighted by Crippen LogP contribution is -2.45. The van der Waals surface area contributed by atoms with Gasteiger partial charge in [0.1, 0.15) is 5.82 Å². The largest absolute Gasteiger partial charge is 0.382 e. The third kappa shape index (κ3) is 2.71. The van der Waals surface area contributed by atoms with E-state index in [1.165, 1.54) is 0 Å². The highest BCUT2D eigenvalue weighted by atomic mass is 16.5. The number of aryl methyl sites for hydroxylation is 1. The molecule has 1 fully saturated rings. The molecule has 3 aromatic rings. The van der Waals surface area contributed by atoms with Crippen LogP contribution >= 0.6 is 0 Å². The number of hydrogen-bond donors (Lipinski definition) is 1. The molecule has 4 heterocycles. The summed E-state index contributed by atoms with van der Waals surface area (Å²) in [7, 11) is 0. The highest BCUT2D eigenvalue weighted by Crippen LogP contribution is 2.17. The van der Waals surface area contributed by atoms with E-state index in [9.17, 15) is 0 Å². The van der Waals surface area contributed by atoms with Gasteiger partial charge in [0.05, 0.1) is 19.3 Å². The number of hydrogen-bond acceptors (Lipinski definition) is 9. The minimum absolute atomic E-state index is 0.0658. The molecule has 0 bridgehead atoms. The van der Waals surface area contributed by atoms with Crippen LogP contribution < -0.4 is 10.6 Å². The lowest BCUT2D eigenvalue weighted by Gasteiger charge is -2.32. The number of nitrogen functional groups attached to an aromatic ring is 1. The maximum Gasteiger partial charge on any atom is 0.225 e. The number of ether oxygens (including phenoxy) is 1. The van der Waals surface area contributed by atoms with Crippen molar-refractivity contribution >= 4 is 22.9 Å². The SMILES string of the molecule is Cc1nc(N)c2nnn(CC3CN(c4ncccn4)CCO3)c2n1. The molecular weight excluding hydrogens is 310 g/mol. The Kier molecular flexibility index (Phi) is 3.65. The average molecular weight is 327 g/mol. The molecule has 3 aromatic heterocycles. The number of morpholine rings is 1. The van der Waals surface area contributed by atoms with Gasteiger partial charge in [-0.15, -0.1) is 5.10 Å². The third-order valence-electron chi connectivity index (χ3n) is 3.85. The second kappa shape index (κ2) is 5.96. The van der Waals surface area contributed by atoms with E-state index in [1.54, 1.807) is 30.1 Å². The number of nitrogens with two attached hydrogens (primary N) is 1. The molecule has 1 saturated heterocycles. The number of rotatable bonds is 3. The van der Waals surface area contributed by atoms with Crippen LogP contribution in [0.1, 0.15) is 5.82 Å². The Balaban J connectivity index is 1.55. The van der Waals surface area contributed by atoms with Crippen molar-refractivity contribution in [3.63, 3.8) is 0 Å². The molecule has 0 radical (unpaired) electrons. The average Bonchev–Trinajstić information content (AvgIpc) is 2.99.